The highest BCUT2D eigenvalue weighted by molar-refractivity contribution is 8.15. The maximum atomic E-state index is 12.9. The van der Waals surface area contributed by atoms with Crippen LogP contribution in [0.25, 0.3) is 0 Å². The van der Waals surface area contributed by atoms with Crippen LogP contribution in [-0.2, 0) is 9.59 Å². The molecule has 1 aliphatic heterocycles. The van der Waals surface area contributed by atoms with Gasteiger partial charge in [-0.15, -0.1) is 6.58 Å². The van der Waals surface area contributed by atoms with Gasteiger partial charge in [0.1, 0.15) is 16.7 Å². The van der Waals surface area contributed by atoms with Gasteiger partial charge in [0.05, 0.1) is 25.6 Å². The van der Waals surface area contributed by atoms with Crippen molar-refractivity contribution in [2.24, 2.45) is 4.99 Å². The number of anilines is 1. The number of aryl methyl sites for hydroxylation is 1. The minimum absolute atomic E-state index is 0.0130. The van der Waals surface area contributed by atoms with Gasteiger partial charge in [-0.3, -0.25) is 14.5 Å². The summed E-state index contributed by atoms with van der Waals surface area (Å²) in [6.45, 7) is 6.03. The highest BCUT2D eigenvalue weighted by Gasteiger charge is 2.38. The smallest absolute Gasteiger partial charge is 0.242 e. The molecule has 1 heterocycles. The number of thioether (sulfide) groups is 1. The van der Waals surface area contributed by atoms with Crippen molar-refractivity contribution < 1.29 is 19.1 Å². The predicted octanol–water partition coefficient (Wildman–Crippen LogP) is 4.16. The number of nitrogens with zero attached hydrogens (tertiary/aromatic N) is 2. The summed E-state index contributed by atoms with van der Waals surface area (Å²) in [5.41, 5.74) is 2.31. The Morgan fingerprint density at radius 3 is 2.71 bits per heavy atom. The largest absolute Gasteiger partial charge is 0.497 e. The number of amides is 2. The lowest BCUT2D eigenvalue weighted by atomic mass is 10.2. The van der Waals surface area contributed by atoms with E-state index in [9.17, 15) is 9.59 Å². The summed E-state index contributed by atoms with van der Waals surface area (Å²) in [4.78, 5) is 31.8. The number of methoxy groups -OCH3 is 2. The highest BCUT2D eigenvalue weighted by atomic mass is 32.2. The summed E-state index contributed by atoms with van der Waals surface area (Å²) in [7, 11) is 3.07. The second kappa shape index (κ2) is 10.2. The Bertz CT molecular complexity index is 1020. The first-order chi connectivity index (χ1) is 15.0. The maximum Gasteiger partial charge on any atom is 0.242 e. The van der Waals surface area contributed by atoms with Gasteiger partial charge in [-0.25, -0.2) is 4.99 Å². The summed E-state index contributed by atoms with van der Waals surface area (Å²) in [5, 5.41) is 2.82. The van der Waals surface area contributed by atoms with Crippen LogP contribution in [0.2, 0.25) is 0 Å². The molecule has 2 aromatic rings. The van der Waals surface area contributed by atoms with Gasteiger partial charge in [-0.05, 0) is 30.7 Å². The van der Waals surface area contributed by atoms with Crippen LogP contribution in [0.15, 0.2) is 60.1 Å². The third-order valence-corrected chi connectivity index (χ3v) is 5.89. The van der Waals surface area contributed by atoms with Crippen LogP contribution in [0.4, 0.5) is 11.4 Å². The van der Waals surface area contributed by atoms with E-state index in [2.05, 4.69) is 16.9 Å². The second-order valence-electron chi connectivity index (χ2n) is 6.84. The second-order valence-corrected chi connectivity index (χ2v) is 8.01. The van der Waals surface area contributed by atoms with E-state index in [1.54, 1.807) is 36.3 Å². The van der Waals surface area contributed by atoms with E-state index < -0.39 is 5.25 Å². The predicted molar refractivity (Wildman–Crippen MR) is 124 cm³/mol. The molecule has 1 atom stereocenters. The molecular formula is C23H25N3O4S. The molecule has 162 valence electrons. The van der Waals surface area contributed by atoms with Gasteiger partial charge in [0.2, 0.25) is 11.8 Å². The average Bonchev–Trinajstić information content (AvgIpc) is 3.04. The number of carbonyl (C=O) groups is 2. The van der Waals surface area contributed by atoms with Gasteiger partial charge < -0.3 is 14.8 Å². The lowest BCUT2D eigenvalue weighted by Crippen LogP contribution is -2.33. The number of nitrogens with one attached hydrogen (secondary N) is 1. The van der Waals surface area contributed by atoms with Gasteiger partial charge in [-0.2, -0.15) is 0 Å². The van der Waals surface area contributed by atoms with E-state index >= 15 is 0 Å². The summed E-state index contributed by atoms with van der Waals surface area (Å²) in [6, 6.07) is 12.8. The van der Waals surface area contributed by atoms with Crippen molar-refractivity contribution in [2.75, 3.05) is 26.1 Å². The fourth-order valence-electron chi connectivity index (χ4n) is 3.09. The molecule has 0 aliphatic carbocycles. The normalized spacial score (nSPS) is 17.0. The zero-order valence-electron chi connectivity index (χ0n) is 17.8. The highest BCUT2D eigenvalue weighted by Crippen LogP contribution is 2.33. The Balaban J connectivity index is 1.76. The molecular weight excluding hydrogens is 414 g/mol. The topological polar surface area (TPSA) is 80.2 Å². The van der Waals surface area contributed by atoms with Gasteiger partial charge >= 0.3 is 0 Å². The Labute approximate surface area is 186 Å². The van der Waals surface area contributed by atoms with E-state index in [0.717, 1.165) is 11.3 Å². The molecule has 0 saturated carbocycles. The maximum absolute atomic E-state index is 12.9. The number of rotatable bonds is 8. The number of carbonyl (C=O) groups excluding carboxylic acids is 2. The van der Waals surface area contributed by atoms with Gasteiger partial charge in [-0.1, -0.05) is 36.0 Å². The molecule has 2 amide bonds. The molecule has 0 bridgehead atoms. The molecule has 1 aliphatic rings. The van der Waals surface area contributed by atoms with Crippen molar-refractivity contribution in [1.82, 2.24) is 4.90 Å². The molecule has 0 radical (unpaired) electrons. The summed E-state index contributed by atoms with van der Waals surface area (Å²) < 4.78 is 10.5. The SMILES string of the molecule is C=CCN1C(=O)[C@H](CC(=O)Nc2ccc(OC)cc2OC)SC1=Nc1ccccc1C. The third-order valence-electron chi connectivity index (χ3n) is 4.72. The molecule has 1 fully saturated rings. The van der Waals surface area contributed by atoms with Crippen molar-refractivity contribution >= 4 is 40.1 Å². The summed E-state index contributed by atoms with van der Waals surface area (Å²) >= 11 is 1.29. The Hall–Kier alpha value is -3.26. The molecule has 1 N–H and O–H groups in total. The first-order valence-corrected chi connectivity index (χ1v) is 10.6. The number of ether oxygens (including phenoxy) is 2. The minimum Gasteiger partial charge on any atom is -0.497 e. The molecule has 1 saturated heterocycles. The van der Waals surface area contributed by atoms with Crippen LogP contribution >= 0.6 is 11.8 Å². The molecule has 2 aromatic carbocycles. The average molecular weight is 440 g/mol. The van der Waals surface area contributed by atoms with Crippen molar-refractivity contribution in [3.63, 3.8) is 0 Å². The van der Waals surface area contributed by atoms with Crippen LogP contribution in [0.1, 0.15) is 12.0 Å². The standard InChI is InChI=1S/C23H25N3O4S/c1-5-12-26-22(28)20(31-23(26)25-17-9-7-6-8-15(17)2)14-21(27)24-18-11-10-16(29-3)13-19(18)30-4/h5-11,13,20H,1,12,14H2,2-4H3,(H,24,27)/t20-/m0/s1. The van der Waals surface area contributed by atoms with Crippen LogP contribution in [0.3, 0.4) is 0 Å². The fraction of sp³-hybridized carbons (Fsp3) is 0.261. The molecule has 31 heavy (non-hydrogen) atoms. The number of para-hydroxylation sites is 1. The number of hydrogen-bond acceptors (Lipinski definition) is 6. The van der Waals surface area contributed by atoms with Gasteiger partial charge in [0.15, 0.2) is 5.17 Å². The lowest BCUT2D eigenvalue weighted by molar-refractivity contribution is -0.127. The quantitative estimate of drug-likeness (QED) is 0.625. The van der Waals surface area contributed by atoms with Crippen LogP contribution in [0.5, 0.6) is 11.5 Å². The zero-order valence-corrected chi connectivity index (χ0v) is 18.6. The number of hydrogen-bond donors (Lipinski definition) is 1. The molecule has 0 spiro atoms. The molecule has 7 nitrogen and oxygen atoms in total. The molecule has 3 rings (SSSR count). The van der Waals surface area contributed by atoms with Crippen LogP contribution < -0.4 is 14.8 Å². The van der Waals surface area contributed by atoms with E-state index in [1.165, 1.54) is 18.9 Å². The van der Waals surface area contributed by atoms with E-state index in [4.69, 9.17) is 9.47 Å². The third kappa shape index (κ3) is 5.27. The van der Waals surface area contributed by atoms with Gasteiger partial charge in [0, 0.05) is 19.0 Å². The summed E-state index contributed by atoms with van der Waals surface area (Å²) in [6.07, 6.45) is 1.66. The summed E-state index contributed by atoms with van der Waals surface area (Å²) in [5.74, 6) is 0.654. The number of aliphatic imine (C=N–C) groups is 1. The molecule has 8 heteroatoms. The number of amidine groups is 1. The first-order valence-electron chi connectivity index (χ1n) is 9.72. The molecule has 0 aromatic heterocycles. The van der Waals surface area contributed by atoms with Crippen LogP contribution in [0, 0.1) is 6.92 Å². The molecule has 0 unspecified atom stereocenters. The Morgan fingerprint density at radius 1 is 1.26 bits per heavy atom. The van der Waals surface area contributed by atoms with Crippen LogP contribution in [-0.4, -0.2) is 47.9 Å². The van der Waals surface area contributed by atoms with Crippen molar-refractivity contribution in [3.8, 4) is 11.5 Å². The first kappa shape index (κ1) is 22.4. The number of benzene rings is 2. The van der Waals surface area contributed by atoms with Gasteiger partial charge in [0.25, 0.3) is 0 Å². The minimum atomic E-state index is -0.563. The monoisotopic (exact) mass is 439 g/mol. The van der Waals surface area contributed by atoms with Crippen molar-refractivity contribution in [3.05, 3.63) is 60.7 Å². The fourth-order valence-corrected chi connectivity index (χ4v) is 4.25. The Kier molecular flexibility index (Phi) is 7.36. The Morgan fingerprint density at radius 2 is 2.03 bits per heavy atom. The van der Waals surface area contributed by atoms with E-state index in [-0.39, 0.29) is 18.2 Å². The zero-order chi connectivity index (χ0) is 22.4. The van der Waals surface area contributed by atoms with Crippen molar-refractivity contribution in [1.29, 1.82) is 0 Å². The lowest BCUT2D eigenvalue weighted by Gasteiger charge is -2.14. The van der Waals surface area contributed by atoms with E-state index in [1.807, 2.05) is 31.2 Å². The van der Waals surface area contributed by atoms with E-state index in [0.29, 0.717) is 28.9 Å². The van der Waals surface area contributed by atoms with Crippen molar-refractivity contribution in [2.45, 2.75) is 18.6 Å².